The highest BCUT2D eigenvalue weighted by atomic mass is 16.5. The monoisotopic (exact) mass is 407 g/mol. The van der Waals surface area contributed by atoms with Crippen molar-refractivity contribution in [2.24, 2.45) is 0 Å². The van der Waals surface area contributed by atoms with Gasteiger partial charge in [-0.1, -0.05) is 18.2 Å². The molecule has 9 heteroatoms. The van der Waals surface area contributed by atoms with Gasteiger partial charge in [0.15, 0.2) is 12.4 Å². The first-order valence-electron chi connectivity index (χ1n) is 9.55. The molecule has 3 aromatic rings. The number of nitrogens with zero attached hydrogens (tertiary/aromatic N) is 3. The van der Waals surface area contributed by atoms with Gasteiger partial charge in [0.05, 0.1) is 18.8 Å². The maximum absolute atomic E-state index is 12.7. The van der Waals surface area contributed by atoms with Crippen LogP contribution in [0, 0.1) is 0 Å². The van der Waals surface area contributed by atoms with Crippen molar-refractivity contribution in [3.8, 4) is 17.1 Å². The Balaban J connectivity index is 1.36. The van der Waals surface area contributed by atoms with Gasteiger partial charge in [0.25, 0.3) is 11.8 Å². The summed E-state index contributed by atoms with van der Waals surface area (Å²) in [5.74, 6) is 0.740. The average molecular weight is 407 g/mol. The Kier molecular flexibility index (Phi) is 6.00. The summed E-state index contributed by atoms with van der Waals surface area (Å²) >= 11 is 0. The van der Waals surface area contributed by atoms with Crippen molar-refractivity contribution in [1.29, 1.82) is 0 Å². The number of hydrogen-bond donors (Lipinski definition) is 2. The maximum atomic E-state index is 12.7. The molecular formula is C21H21N5O4. The largest absolute Gasteiger partial charge is 0.484 e. The lowest BCUT2D eigenvalue weighted by Crippen LogP contribution is -2.42. The summed E-state index contributed by atoms with van der Waals surface area (Å²) in [5.41, 5.74) is 1.75. The van der Waals surface area contributed by atoms with Gasteiger partial charge in [-0.15, -0.1) is 0 Å². The van der Waals surface area contributed by atoms with Crippen LogP contribution in [-0.4, -0.2) is 64.8 Å². The molecule has 0 atom stereocenters. The van der Waals surface area contributed by atoms with Crippen LogP contribution in [0.4, 0.5) is 5.69 Å². The summed E-state index contributed by atoms with van der Waals surface area (Å²) in [6, 6.07) is 14.0. The van der Waals surface area contributed by atoms with Crippen molar-refractivity contribution in [2.75, 3.05) is 38.2 Å². The van der Waals surface area contributed by atoms with E-state index in [1.807, 2.05) is 6.07 Å². The smallest absolute Gasteiger partial charge is 0.260 e. The topological polar surface area (TPSA) is 109 Å². The minimum atomic E-state index is -0.266. The number of aromatic amines is 1. The van der Waals surface area contributed by atoms with E-state index < -0.39 is 0 Å². The third-order valence-corrected chi connectivity index (χ3v) is 4.68. The number of aromatic nitrogens is 3. The number of carbonyl (C=O) groups is 2. The van der Waals surface area contributed by atoms with E-state index >= 15 is 0 Å². The number of hydrogen-bond acceptors (Lipinski definition) is 6. The van der Waals surface area contributed by atoms with Crippen molar-refractivity contribution in [2.45, 2.75) is 0 Å². The van der Waals surface area contributed by atoms with Crippen LogP contribution in [0.2, 0.25) is 0 Å². The van der Waals surface area contributed by atoms with Gasteiger partial charge in [0.1, 0.15) is 12.1 Å². The Labute approximate surface area is 173 Å². The molecule has 154 valence electrons. The molecule has 1 aliphatic rings. The van der Waals surface area contributed by atoms with Gasteiger partial charge in [0, 0.05) is 24.3 Å². The number of H-pyrrole nitrogens is 1. The zero-order valence-electron chi connectivity index (χ0n) is 16.2. The van der Waals surface area contributed by atoms with E-state index in [4.69, 9.17) is 9.47 Å². The Morgan fingerprint density at radius 1 is 1.10 bits per heavy atom. The van der Waals surface area contributed by atoms with Crippen LogP contribution < -0.4 is 10.1 Å². The van der Waals surface area contributed by atoms with Crippen LogP contribution >= 0.6 is 0 Å². The van der Waals surface area contributed by atoms with Crippen LogP contribution in [0.15, 0.2) is 54.9 Å². The summed E-state index contributed by atoms with van der Waals surface area (Å²) in [7, 11) is 0. The lowest BCUT2D eigenvalue weighted by atomic mass is 10.1. The van der Waals surface area contributed by atoms with Crippen LogP contribution in [0.25, 0.3) is 11.4 Å². The molecule has 0 unspecified atom stereocenters. The molecule has 1 aromatic heterocycles. The fourth-order valence-electron chi connectivity index (χ4n) is 3.10. The highest BCUT2D eigenvalue weighted by molar-refractivity contribution is 6.08. The average Bonchev–Trinajstić information content (AvgIpc) is 3.34. The molecule has 30 heavy (non-hydrogen) atoms. The van der Waals surface area contributed by atoms with Crippen molar-refractivity contribution in [3.63, 3.8) is 0 Å². The van der Waals surface area contributed by atoms with Crippen molar-refractivity contribution in [3.05, 3.63) is 60.4 Å². The third-order valence-electron chi connectivity index (χ3n) is 4.68. The molecule has 2 heterocycles. The molecule has 4 rings (SSSR count). The standard InChI is InChI=1S/C21H21N5O4/c27-19(26-9-11-29-12-10-26)13-30-16-7-5-15(6-8-16)24-21(28)18-4-2-1-3-17(18)20-22-14-23-25-20/h1-8,14H,9-13H2,(H,24,28)(H,22,23,25). The number of ether oxygens (including phenoxy) is 2. The van der Waals surface area contributed by atoms with E-state index in [0.29, 0.717) is 54.7 Å². The van der Waals surface area contributed by atoms with E-state index in [2.05, 4.69) is 20.5 Å². The zero-order valence-corrected chi connectivity index (χ0v) is 16.2. The second-order valence-electron chi connectivity index (χ2n) is 6.64. The fraction of sp³-hybridized carbons (Fsp3) is 0.238. The fourth-order valence-corrected chi connectivity index (χ4v) is 3.10. The second kappa shape index (κ2) is 9.19. The van der Waals surface area contributed by atoms with Gasteiger partial charge in [-0.2, -0.15) is 5.10 Å². The van der Waals surface area contributed by atoms with Gasteiger partial charge in [-0.3, -0.25) is 14.7 Å². The maximum Gasteiger partial charge on any atom is 0.260 e. The molecule has 0 spiro atoms. The molecule has 1 saturated heterocycles. The number of rotatable bonds is 6. The normalized spacial score (nSPS) is 13.7. The van der Waals surface area contributed by atoms with E-state index in [1.165, 1.54) is 6.33 Å². The van der Waals surface area contributed by atoms with E-state index in [0.717, 1.165) is 0 Å². The molecule has 2 amide bonds. The molecule has 0 bridgehead atoms. The van der Waals surface area contributed by atoms with E-state index in [1.54, 1.807) is 47.4 Å². The van der Waals surface area contributed by atoms with Crippen LogP contribution in [0.5, 0.6) is 5.75 Å². The third kappa shape index (κ3) is 4.64. The minimum absolute atomic E-state index is 0.0315. The number of morpholine rings is 1. The molecule has 2 aromatic carbocycles. The molecule has 0 saturated carbocycles. The lowest BCUT2D eigenvalue weighted by Gasteiger charge is -2.26. The van der Waals surface area contributed by atoms with Crippen molar-refractivity contribution in [1.82, 2.24) is 20.1 Å². The summed E-state index contributed by atoms with van der Waals surface area (Å²) in [5, 5.41) is 9.47. The van der Waals surface area contributed by atoms with E-state index in [9.17, 15) is 9.59 Å². The van der Waals surface area contributed by atoms with Crippen LogP contribution in [0.3, 0.4) is 0 Å². The summed E-state index contributed by atoms with van der Waals surface area (Å²) in [4.78, 5) is 30.7. The van der Waals surface area contributed by atoms with E-state index in [-0.39, 0.29) is 18.4 Å². The quantitative estimate of drug-likeness (QED) is 0.647. The lowest BCUT2D eigenvalue weighted by molar-refractivity contribution is -0.137. The molecule has 0 aliphatic carbocycles. The molecule has 9 nitrogen and oxygen atoms in total. The SMILES string of the molecule is O=C(Nc1ccc(OCC(=O)N2CCOCC2)cc1)c1ccccc1-c1ncn[nH]1. The minimum Gasteiger partial charge on any atom is -0.484 e. The van der Waals surface area contributed by atoms with Crippen molar-refractivity contribution >= 4 is 17.5 Å². The number of benzene rings is 2. The number of anilines is 1. The Hall–Kier alpha value is -3.72. The molecule has 0 radical (unpaired) electrons. The Morgan fingerprint density at radius 2 is 1.87 bits per heavy atom. The summed E-state index contributed by atoms with van der Waals surface area (Å²) < 4.78 is 10.8. The van der Waals surface area contributed by atoms with Gasteiger partial charge in [-0.05, 0) is 30.3 Å². The zero-order chi connectivity index (χ0) is 20.8. The predicted octanol–water partition coefficient (Wildman–Crippen LogP) is 1.96. The first kappa shape index (κ1) is 19.6. The van der Waals surface area contributed by atoms with Gasteiger partial charge in [-0.25, -0.2) is 4.98 Å². The number of amides is 2. The predicted molar refractivity (Wildman–Crippen MR) is 109 cm³/mol. The summed E-state index contributed by atoms with van der Waals surface area (Å²) in [6.45, 7) is 2.25. The Morgan fingerprint density at radius 3 is 2.60 bits per heavy atom. The number of carbonyl (C=O) groups excluding carboxylic acids is 2. The summed E-state index contributed by atoms with van der Waals surface area (Å²) in [6.07, 6.45) is 1.40. The first-order chi connectivity index (χ1) is 14.7. The molecular weight excluding hydrogens is 386 g/mol. The highest BCUT2D eigenvalue weighted by Gasteiger charge is 2.17. The van der Waals surface area contributed by atoms with Gasteiger partial charge < -0.3 is 19.7 Å². The van der Waals surface area contributed by atoms with Crippen LogP contribution in [0.1, 0.15) is 10.4 Å². The molecule has 2 N–H and O–H groups in total. The number of nitrogens with one attached hydrogen (secondary N) is 2. The highest BCUT2D eigenvalue weighted by Crippen LogP contribution is 2.22. The van der Waals surface area contributed by atoms with Gasteiger partial charge >= 0.3 is 0 Å². The van der Waals surface area contributed by atoms with Crippen LogP contribution in [-0.2, 0) is 9.53 Å². The Bertz CT molecular complexity index is 999. The van der Waals surface area contributed by atoms with Crippen molar-refractivity contribution < 1.29 is 19.1 Å². The molecule has 1 fully saturated rings. The van der Waals surface area contributed by atoms with Gasteiger partial charge in [0.2, 0.25) is 0 Å². The first-order valence-corrected chi connectivity index (χ1v) is 9.55. The molecule has 1 aliphatic heterocycles. The second-order valence-corrected chi connectivity index (χ2v) is 6.64.